The van der Waals surface area contributed by atoms with E-state index < -0.39 is 114 Å². The fourth-order valence-electron chi connectivity index (χ4n) is 3.35. The minimum Gasteiger partial charge on any atom is -0.481 e. The SMILES string of the molecule is O=C(O)C[C@H](NC(=O)N[C@@H](CCCCNC(=O)CC[C@H](NC(=O)c1c(F)c(F)c([18F])c(F)c1F)C(=O)O)C(=O)O)C(=O)O. The summed E-state index contributed by atoms with van der Waals surface area (Å²) in [7, 11) is 0. The Morgan fingerprint density at radius 3 is 1.56 bits per heavy atom. The monoisotopic (exact) mass is 627 g/mol. The van der Waals surface area contributed by atoms with Crippen LogP contribution in [-0.2, 0) is 24.0 Å². The number of carboxylic acid groups (broad SMARTS) is 4. The van der Waals surface area contributed by atoms with Gasteiger partial charge in [0, 0.05) is 13.0 Å². The Hall–Kier alpha value is -5.04. The Kier molecular flexibility index (Phi) is 13.7. The highest BCUT2D eigenvalue weighted by atomic mass is 19.2. The lowest BCUT2D eigenvalue weighted by atomic mass is 10.1. The van der Waals surface area contributed by atoms with Crippen molar-refractivity contribution in [3.05, 3.63) is 34.6 Å². The molecule has 0 saturated heterocycles. The molecule has 0 aliphatic rings. The molecule has 1 aromatic rings. The second-order valence-corrected chi connectivity index (χ2v) is 8.69. The third kappa shape index (κ3) is 11.0. The van der Waals surface area contributed by atoms with Gasteiger partial charge in [0.05, 0.1) is 6.42 Å². The maximum Gasteiger partial charge on any atom is 0.326 e. The summed E-state index contributed by atoms with van der Waals surface area (Å²) < 4.78 is 67.4. The van der Waals surface area contributed by atoms with Crippen LogP contribution in [0.3, 0.4) is 0 Å². The third-order valence-corrected chi connectivity index (χ3v) is 5.53. The van der Waals surface area contributed by atoms with E-state index in [0.717, 1.165) is 0 Å². The molecule has 0 saturated carbocycles. The molecule has 238 valence electrons. The predicted octanol–water partition coefficient (Wildman–Crippen LogP) is 0.312. The van der Waals surface area contributed by atoms with Crippen molar-refractivity contribution in [1.82, 2.24) is 21.3 Å². The van der Waals surface area contributed by atoms with Crippen molar-refractivity contribution in [3.8, 4) is 0 Å². The first-order valence-corrected chi connectivity index (χ1v) is 12.0. The summed E-state index contributed by atoms with van der Waals surface area (Å²) in [5.41, 5.74) is -1.92. The second-order valence-electron chi connectivity index (χ2n) is 8.69. The van der Waals surface area contributed by atoms with Crippen LogP contribution < -0.4 is 21.3 Å². The van der Waals surface area contributed by atoms with Gasteiger partial charge in [0.2, 0.25) is 11.7 Å². The van der Waals surface area contributed by atoms with Crippen LogP contribution in [0.5, 0.6) is 0 Å². The van der Waals surface area contributed by atoms with Gasteiger partial charge < -0.3 is 41.7 Å². The zero-order chi connectivity index (χ0) is 33.0. The van der Waals surface area contributed by atoms with Gasteiger partial charge in [0.1, 0.15) is 23.7 Å². The molecule has 0 aliphatic heterocycles. The number of benzene rings is 1. The smallest absolute Gasteiger partial charge is 0.326 e. The van der Waals surface area contributed by atoms with Gasteiger partial charge in [0.15, 0.2) is 23.3 Å². The number of amides is 4. The van der Waals surface area contributed by atoms with Crippen molar-refractivity contribution in [2.24, 2.45) is 0 Å². The third-order valence-electron chi connectivity index (χ3n) is 5.53. The van der Waals surface area contributed by atoms with Crippen LogP contribution in [0.2, 0.25) is 0 Å². The molecule has 8 N–H and O–H groups in total. The summed E-state index contributed by atoms with van der Waals surface area (Å²) in [5.74, 6) is -21.6. The Labute approximate surface area is 237 Å². The standard InChI is InChI=1S/C23H25F5N4O11/c24-14-13(15(25)17(27)18(28)16(14)26)19(36)30-9(21(39)40)4-5-11(33)29-6-2-1-3-8(20(37)38)31-23(43)32-10(22(41)42)7-12(34)35/h8-10H,1-7H2,(H,29,33)(H,30,36)(H,34,35)(H,37,38)(H,39,40)(H,41,42)(H2,31,32,43)/t8-,9-,10-/m0/s1/i28-1. The molecule has 0 radical (unpaired) electrons. The fraction of sp³-hybridized carbons (Fsp3) is 0.435. The van der Waals surface area contributed by atoms with Gasteiger partial charge in [-0.25, -0.2) is 41.1 Å². The first-order chi connectivity index (χ1) is 20.0. The summed E-state index contributed by atoms with van der Waals surface area (Å²) in [6.07, 6.45) is -2.23. The van der Waals surface area contributed by atoms with Crippen LogP contribution >= 0.6 is 0 Å². The van der Waals surface area contributed by atoms with Crippen molar-refractivity contribution < 1.29 is 75.9 Å². The van der Waals surface area contributed by atoms with Gasteiger partial charge in [-0.1, -0.05) is 0 Å². The number of carbonyl (C=O) groups is 7. The van der Waals surface area contributed by atoms with E-state index in [9.17, 15) is 65.7 Å². The topological polar surface area (TPSA) is 249 Å². The minimum atomic E-state index is -2.53. The summed E-state index contributed by atoms with van der Waals surface area (Å²) in [4.78, 5) is 80.4. The summed E-state index contributed by atoms with van der Waals surface area (Å²) >= 11 is 0. The van der Waals surface area contributed by atoms with Gasteiger partial charge in [-0.15, -0.1) is 0 Å². The van der Waals surface area contributed by atoms with Crippen molar-refractivity contribution in [2.45, 2.75) is 56.7 Å². The lowest BCUT2D eigenvalue weighted by molar-refractivity contribution is -0.145. The molecule has 0 spiro atoms. The fourth-order valence-corrected chi connectivity index (χ4v) is 3.35. The second kappa shape index (κ2) is 16.4. The van der Waals surface area contributed by atoms with E-state index >= 15 is 0 Å². The van der Waals surface area contributed by atoms with Crippen LogP contribution in [0.4, 0.5) is 26.7 Å². The lowest BCUT2D eigenvalue weighted by Gasteiger charge is -2.18. The van der Waals surface area contributed by atoms with E-state index in [4.69, 9.17) is 10.2 Å². The highest BCUT2D eigenvalue weighted by Crippen LogP contribution is 2.23. The van der Waals surface area contributed by atoms with Crippen LogP contribution in [-0.4, -0.2) is 86.8 Å². The van der Waals surface area contributed by atoms with Crippen molar-refractivity contribution in [1.29, 1.82) is 0 Å². The largest absolute Gasteiger partial charge is 0.481 e. The Bertz CT molecular complexity index is 1250. The van der Waals surface area contributed by atoms with Gasteiger partial charge in [-0.2, -0.15) is 0 Å². The Morgan fingerprint density at radius 2 is 1.07 bits per heavy atom. The average molecular weight is 627 g/mol. The molecule has 0 heterocycles. The molecular formula is C23H25F5N4O11. The maximum absolute atomic E-state index is 13.8. The minimum absolute atomic E-state index is 0.0741. The molecule has 20 heteroatoms. The van der Waals surface area contributed by atoms with Crippen LogP contribution in [0, 0.1) is 29.1 Å². The Balaban J connectivity index is 2.57. The summed E-state index contributed by atoms with van der Waals surface area (Å²) in [6, 6.07) is -6.58. The highest BCUT2D eigenvalue weighted by molar-refractivity contribution is 5.97. The van der Waals surface area contributed by atoms with Crippen molar-refractivity contribution in [3.63, 3.8) is 0 Å². The van der Waals surface area contributed by atoms with Crippen LogP contribution in [0.1, 0.15) is 48.9 Å². The maximum atomic E-state index is 13.8. The van der Waals surface area contributed by atoms with Gasteiger partial charge in [0.25, 0.3) is 5.91 Å². The van der Waals surface area contributed by atoms with Crippen molar-refractivity contribution in [2.75, 3.05) is 6.54 Å². The van der Waals surface area contributed by atoms with Crippen LogP contribution in [0.25, 0.3) is 0 Å². The molecule has 0 fully saturated rings. The molecule has 3 atom stereocenters. The molecule has 0 unspecified atom stereocenters. The van der Waals surface area contributed by atoms with E-state index in [1.165, 1.54) is 0 Å². The normalized spacial score (nSPS) is 12.8. The zero-order valence-electron chi connectivity index (χ0n) is 21.7. The number of carboxylic acids is 4. The van der Waals surface area contributed by atoms with E-state index in [1.807, 2.05) is 10.6 Å². The van der Waals surface area contributed by atoms with E-state index in [-0.39, 0.29) is 25.8 Å². The summed E-state index contributed by atoms with van der Waals surface area (Å²) in [5, 5.41) is 43.7. The molecule has 1 aromatic carbocycles. The number of halogens is 5. The number of aliphatic carboxylic acids is 4. The molecule has 0 aliphatic carbocycles. The average Bonchev–Trinajstić information content (AvgIpc) is 2.91. The first kappa shape index (κ1) is 36.0. The molecule has 15 nitrogen and oxygen atoms in total. The molecule has 0 bridgehead atoms. The molecule has 4 amide bonds. The number of hydrogen-bond donors (Lipinski definition) is 8. The van der Waals surface area contributed by atoms with Gasteiger partial charge in [-0.05, 0) is 25.7 Å². The number of rotatable bonds is 17. The number of hydrogen-bond acceptors (Lipinski definition) is 7. The predicted molar refractivity (Wildman–Crippen MR) is 128 cm³/mol. The molecular weight excluding hydrogens is 602 g/mol. The quantitative estimate of drug-likeness (QED) is 0.0505. The van der Waals surface area contributed by atoms with Crippen LogP contribution in [0.15, 0.2) is 0 Å². The number of nitrogens with one attached hydrogen (secondary N) is 4. The lowest BCUT2D eigenvalue weighted by Crippen LogP contribution is -2.51. The Morgan fingerprint density at radius 1 is 0.605 bits per heavy atom. The van der Waals surface area contributed by atoms with E-state index in [2.05, 4.69) is 5.32 Å². The zero-order valence-corrected chi connectivity index (χ0v) is 21.7. The highest BCUT2D eigenvalue weighted by Gasteiger charge is 2.32. The van der Waals surface area contributed by atoms with E-state index in [0.29, 0.717) is 0 Å². The molecule has 43 heavy (non-hydrogen) atoms. The number of urea groups is 1. The molecule has 1 rings (SSSR count). The molecule has 0 aromatic heterocycles. The summed E-state index contributed by atoms with van der Waals surface area (Å²) in [6.45, 7) is -0.0915. The number of unbranched alkanes of at least 4 members (excludes halogenated alkanes) is 1. The van der Waals surface area contributed by atoms with Crippen molar-refractivity contribution >= 4 is 41.7 Å². The number of carbonyl (C=O) groups excluding carboxylic acids is 3. The van der Waals surface area contributed by atoms with Gasteiger partial charge >= 0.3 is 29.9 Å². The van der Waals surface area contributed by atoms with E-state index in [1.54, 1.807) is 5.32 Å². The van der Waals surface area contributed by atoms with Gasteiger partial charge in [-0.3, -0.25) is 14.4 Å². The first-order valence-electron chi connectivity index (χ1n) is 12.0.